The fourth-order valence-corrected chi connectivity index (χ4v) is 4.17. The number of benzene rings is 3. The molecule has 3 aromatic carbocycles. The predicted octanol–water partition coefficient (Wildman–Crippen LogP) is 3.63. The second-order valence-corrected chi connectivity index (χ2v) is 7.80. The first-order valence-corrected chi connectivity index (χ1v) is 10.9. The second kappa shape index (κ2) is 9.69. The molecule has 8 heteroatoms. The molecule has 2 atom stereocenters. The highest BCUT2D eigenvalue weighted by atomic mass is 32.2. The molecule has 0 aliphatic carbocycles. The van der Waals surface area contributed by atoms with E-state index in [4.69, 9.17) is 0 Å². The zero-order valence-electron chi connectivity index (χ0n) is 16.9. The number of hydrogen-bond acceptors (Lipinski definition) is 5. The van der Waals surface area contributed by atoms with Gasteiger partial charge in [-0.3, -0.25) is 18.3 Å². The van der Waals surface area contributed by atoms with E-state index in [1.807, 2.05) is 30.3 Å². The van der Waals surface area contributed by atoms with Crippen molar-refractivity contribution in [3.63, 3.8) is 0 Å². The van der Waals surface area contributed by atoms with Crippen LogP contribution in [0.4, 0.5) is 11.4 Å². The van der Waals surface area contributed by atoms with Gasteiger partial charge in [0.2, 0.25) is 0 Å². The van der Waals surface area contributed by atoms with Crippen molar-refractivity contribution in [2.75, 3.05) is 10.9 Å². The molecule has 7 nitrogen and oxygen atoms in total. The van der Waals surface area contributed by atoms with Crippen molar-refractivity contribution < 1.29 is 18.7 Å². The average molecular weight is 447 g/mol. The summed E-state index contributed by atoms with van der Waals surface area (Å²) in [5.74, 6) is -0.507. The van der Waals surface area contributed by atoms with E-state index in [1.54, 1.807) is 60.8 Å². The van der Waals surface area contributed by atoms with Gasteiger partial charge in [-0.05, 0) is 29.8 Å². The van der Waals surface area contributed by atoms with Crippen LogP contribution < -0.4 is 9.62 Å². The number of carbonyl (C=O) groups excluding carboxylic acids is 1. The van der Waals surface area contributed by atoms with Gasteiger partial charge < -0.3 is 15.0 Å². The number of anilines is 2. The number of nitrogens with one attached hydrogen (secondary N) is 1. The van der Waals surface area contributed by atoms with Crippen LogP contribution in [0.15, 0.2) is 91.1 Å². The number of aliphatic hydroxyl groups is 1. The largest absolute Gasteiger partial charge is 0.755 e. The Labute approximate surface area is 187 Å². The van der Waals surface area contributed by atoms with Crippen molar-refractivity contribution in [2.45, 2.75) is 6.04 Å². The van der Waals surface area contributed by atoms with E-state index >= 15 is 0 Å². The lowest BCUT2D eigenvalue weighted by atomic mass is 10.1. The van der Waals surface area contributed by atoms with Gasteiger partial charge in [-0.2, -0.15) is 0 Å². The number of carbonyl (C=O) groups is 1. The Morgan fingerprint density at radius 1 is 0.969 bits per heavy atom. The van der Waals surface area contributed by atoms with Crippen molar-refractivity contribution in [1.82, 2.24) is 10.3 Å². The minimum Gasteiger partial charge on any atom is -0.755 e. The maximum absolute atomic E-state index is 13.2. The first-order valence-electron chi connectivity index (χ1n) is 9.89. The molecule has 0 radical (unpaired) electrons. The second-order valence-electron chi connectivity index (χ2n) is 7.00. The lowest BCUT2D eigenvalue weighted by molar-refractivity contribution is 0.0917. The van der Waals surface area contributed by atoms with Crippen LogP contribution in [0, 0.1) is 0 Å². The molecule has 0 fully saturated rings. The number of para-hydroxylation sites is 2. The molecule has 0 spiro atoms. The van der Waals surface area contributed by atoms with Crippen molar-refractivity contribution in [1.29, 1.82) is 0 Å². The highest BCUT2D eigenvalue weighted by Crippen LogP contribution is 2.34. The molecule has 1 amide bonds. The fourth-order valence-electron chi connectivity index (χ4n) is 3.54. The van der Waals surface area contributed by atoms with Crippen molar-refractivity contribution in [3.05, 3.63) is 102 Å². The summed E-state index contributed by atoms with van der Waals surface area (Å²) in [5, 5.41) is 13.4. The van der Waals surface area contributed by atoms with Gasteiger partial charge in [-0.25, -0.2) is 0 Å². The monoisotopic (exact) mass is 446 g/mol. The third-order valence-corrected chi connectivity index (χ3v) is 5.73. The standard InChI is InChI=1S/C24H21N3O4S/c28-16-20(17-8-2-1-3-9-17)26-24(29)19-12-4-5-13-21(19)27(32(30)31)22-14-6-10-18-11-7-15-25-23(18)22/h1-15,20,28H,16H2,(H,26,29)(H,30,31)/p-1. The number of hydrogen-bond donors (Lipinski definition) is 2. The Morgan fingerprint density at radius 2 is 1.66 bits per heavy atom. The number of nitrogens with zero attached hydrogens (tertiary/aromatic N) is 2. The number of amides is 1. The van der Waals surface area contributed by atoms with Gasteiger partial charge in [-0.1, -0.05) is 60.7 Å². The minimum absolute atomic E-state index is 0.152. The van der Waals surface area contributed by atoms with Crippen molar-refractivity contribution in [3.8, 4) is 0 Å². The minimum atomic E-state index is -2.72. The van der Waals surface area contributed by atoms with E-state index in [9.17, 15) is 18.7 Å². The zero-order valence-corrected chi connectivity index (χ0v) is 17.7. The van der Waals surface area contributed by atoms with Gasteiger partial charge in [0.25, 0.3) is 5.91 Å². The van der Waals surface area contributed by atoms with E-state index in [2.05, 4.69) is 10.3 Å². The van der Waals surface area contributed by atoms with Crippen LogP contribution in [0.1, 0.15) is 22.0 Å². The maximum atomic E-state index is 13.2. The summed E-state index contributed by atoms with van der Waals surface area (Å²) in [6, 6.07) is 23.7. The van der Waals surface area contributed by atoms with Crippen LogP contribution in [0.5, 0.6) is 0 Å². The van der Waals surface area contributed by atoms with Gasteiger partial charge in [0.05, 0.1) is 46.4 Å². The molecular formula is C24H20N3O4S-. The van der Waals surface area contributed by atoms with E-state index in [0.29, 0.717) is 11.2 Å². The Hall–Kier alpha value is -3.59. The van der Waals surface area contributed by atoms with Gasteiger partial charge in [-0.15, -0.1) is 0 Å². The molecule has 0 aliphatic heterocycles. The number of rotatable bonds is 7. The Balaban J connectivity index is 1.76. The van der Waals surface area contributed by atoms with Crippen molar-refractivity contribution >= 4 is 39.5 Å². The molecule has 0 bridgehead atoms. The van der Waals surface area contributed by atoms with Crippen LogP contribution in [0.25, 0.3) is 10.9 Å². The number of fused-ring (bicyclic) bond motifs is 1. The van der Waals surface area contributed by atoms with E-state index < -0.39 is 23.2 Å². The molecule has 2 N–H and O–H groups in total. The zero-order chi connectivity index (χ0) is 22.5. The predicted molar refractivity (Wildman–Crippen MR) is 123 cm³/mol. The summed E-state index contributed by atoms with van der Waals surface area (Å²) >= 11 is -2.72. The lowest BCUT2D eigenvalue weighted by Gasteiger charge is -2.29. The average Bonchev–Trinajstić information content (AvgIpc) is 2.83. The first-order chi connectivity index (χ1) is 15.6. The molecule has 0 saturated heterocycles. The number of aliphatic hydroxyl groups excluding tert-OH is 1. The summed E-state index contributed by atoms with van der Waals surface area (Å²) < 4.78 is 25.7. The normalized spacial score (nSPS) is 12.8. The van der Waals surface area contributed by atoms with Crippen LogP contribution >= 0.6 is 0 Å². The first kappa shape index (κ1) is 21.6. The van der Waals surface area contributed by atoms with Crippen LogP contribution in [0.3, 0.4) is 0 Å². The smallest absolute Gasteiger partial charge is 0.253 e. The third-order valence-electron chi connectivity index (χ3n) is 5.04. The van der Waals surface area contributed by atoms with E-state index in [1.165, 1.54) is 0 Å². The third kappa shape index (κ3) is 4.38. The summed E-state index contributed by atoms with van der Waals surface area (Å²) in [5.41, 5.74) is 1.90. The highest BCUT2D eigenvalue weighted by molar-refractivity contribution is 7.81. The summed E-state index contributed by atoms with van der Waals surface area (Å²) in [6.45, 7) is -0.303. The van der Waals surface area contributed by atoms with Crippen molar-refractivity contribution in [2.24, 2.45) is 0 Å². The molecule has 2 unspecified atom stereocenters. The molecule has 1 aromatic heterocycles. The highest BCUT2D eigenvalue weighted by Gasteiger charge is 2.22. The lowest BCUT2D eigenvalue weighted by Crippen LogP contribution is -2.32. The molecule has 0 aliphatic rings. The SMILES string of the molecule is O=C(NC(CO)c1ccccc1)c1ccccc1N(c1cccc2cccnc12)S(=O)[O-]. The molecule has 4 aromatic rings. The Morgan fingerprint density at radius 3 is 2.41 bits per heavy atom. The molecule has 4 rings (SSSR count). The van der Waals surface area contributed by atoms with Crippen LogP contribution in [-0.2, 0) is 11.3 Å². The summed E-state index contributed by atoms with van der Waals surface area (Å²) in [6.07, 6.45) is 1.59. The van der Waals surface area contributed by atoms with Crippen LogP contribution in [0.2, 0.25) is 0 Å². The van der Waals surface area contributed by atoms with E-state index in [0.717, 1.165) is 15.3 Å². The molecule has 0 saturated carbocycles. The number of pyridine rings is 1. The Kier molecular flexibility index (Phi) is 6.55. The van der Waals surface area contributed by atoms with E-state index in [-0.39, 0.29) is 17.9 Å². The van der Waals surface area contributed by atoms with Gasteiger partial charge in [0.15, 0.2) is 0 Å². The summed E-state index contributed by atoms with van der Waals surface area (Å²) in [4.78, 5) is 17.5. The molecule has 162 valence electrons. The molecular weight excluding hydrogens is 426 g/mol. The quantitative estimate of drug-likeness (QED) is 0.422. The topological polar surface area (TPSA) is 106 Å². The summed E-state index contributed by atoms with van der Waals surface area (Å²) in [7, 11) is 0. The van der Waals surface area contributed by atoms with Gasteiger partial charge >= 0.3 is 0 Å². The molecule has 32 heavy (non-hydrogen) atoms. The maximum Gasteiger partial charge on any atom is 0.253 e. The molecule has 1 heterocycles. The fraction of sp³-hybridized carbons (Fsp3) is 0.0833. The Bertz CT molecular complexity index is 1260. The van der Waals surface area contributed by atoms with Crippen LogP contribution in [-0.4, -0.2) is 31.4 Å². The number of aromatic nitrogens is 1. The van der Waals surface area contributed by atoms with Gasteiger partial charge in [0, 0.05) is 11.6 Å². The van der Waals surface area contributed by atoms with Gasteiger partial charge in [0.1, 0.15) is 0 Å².